The van der Waals surface area contributed by atoms with Crippen LogP contribution in [0.4, 0.5) is 5.82 Å². The summed E-state index contributed by atoms with van der Waals surface area (Å²) in [7, 11) is 0. The lowest BCUT2D eigenvalue weighted by Crippen LogP contribution is -2.37. The van der Waals surface area contributed by atoms with Crippen molar-refractivity contribution < 1.29 is 14.3 Å². The first-order valence-electron chi connectivity index (χ1n) is 12.5. The van der Waals surface area contributed by atoms with Gasteiger partial charge in [0.15, 0.2) is 5.65 Å². The molecule has 2 fully saturated rings. The number of hydrogen-bond acceptors (Lipinski definition) is 8. The zero-order valence-electron chi connectivity index (χ0n) is 20.0. The molecular formula is C26H29N5O4S. The summed E-state index contributed by atoms with van der Waals surface area (Å²) in [5, 5.41) is 6.71. The highest BCUT2D eigenvalue weighted by Crippen LogP contribution is 2.31. The second-order valence-corrected chi connectivity index (χ2v) is 10.2. The van der Waals surface area contributed by atoms with Crippen LogP contribution in [0.1, 0.15) is 23.2 Å². The van der Waals surface area contributed by atoms with Crippen molar-refractivity contribution in [1.29, 1.82) is 0 Å². The van der Waals surface area contributed by atoms with E-state index in [2.05, 4.69) is 15.5 Å². The molecule has 6 rings (SSSR count). The summed E-state index contributed by atoms with van der Waals surface area (Å²) in [6.07, 6.45) is 2.42. The number of thiazole rings is 1. The minimum Gasteiger partial charge on any atom is -0.378 e. The molecule has 4 aromatic rings. The number of benzene rings is 1. The topological polar surface area (TPSA) is 97.2 Å². The number of nitrogens with one attached hydrogen (secondary N) is 2. The third-order valence-electron chi connectivity index (χ3n) is 6.82. The number of carbonyl (C=O) groups excluding carboxylic acids is 1. The Morgan fingerprint density at radius 2 is 1.97 bits per heavy atom. The van der Waals surface area contributed by atoms with E-state index in [1.165, 1.54) is 11.3 Å². The number of amides is 1. The fraction of sp³-hybridized carbons (Fsp3) is 0.423. The van der Waals surface area contributed by atoms with Gasteiger partial charge in [-0.2, -0.15) is 0 Å². The number of hydrogen-bond donors (Lipinski definition) is 2. The maximum Gasteiger partial charge on any atom is 0.258 e. The third-order valence-corrected chi connectivity index (χ3v) is 7.96. The Morgan fingerprint density at radius 1 is 1.11 bits per heavy atom. The standard InChI is InChI=1S/C26H29N5O4S/c32-23-18-7-8-21(30-11-14-34-15-12-30)29-24(18)31-19-5-1-2-6-20(19)36-26(31)22(23)25(33)28-10-9-27-16-17-4-3-13-35-17/h1-2,5-8,17,27H,3-4,9-16H2,(H,28,33)/t17-/m0/s1. The number of pyridine rings is 2. The van der Waals surface area contributed by atoms with Gasteiger partial charge in [0.2, 0.25) is 5.43 Å². The number of morpholine rings is 1. The minimum atomic E-state index is -0.359. The van der Waals surface area contributed by atoms with Crippen LogP contribution in [0.5, 0.6) is 0 Å². The van der Waals surface area contributed by atoms with E-state index in [4.69, 9.17) is 14.5 Å². The van der Waals surface area contributed by atoms with Gasteiger partial charge >= 0.3 is 0 Å². The number of anilines is 1. The molecule has 2 N–H and O–H groups in total. The smallest absolute Gasteiger partial charge is 0.258 e. The van der Waals surface area contributed by atoms with E-state index in [0.29, 0.717) is 42.2 Å². The number of rotatable bonds is 7. The van der Waals surface area contributed by atoms with Crippen LogP contribution < -0.4 is 21.0 Å². The van der Waals surface area contributed by atoms with Crippen molar-refractivity contribution in [2.45, 2.75) is 18.9 Å². The summed E-state index contributed by atoms with van der Waals surface area (Å²) in [6, 6.07) is 11.6. The van der Waals surface area contributed by atoms with Crippen LogP contribution >= 0.6 is 11.3 Å². The van der Waals surface area contributed by atoms with Crippen LogP contribution in [0.25, 0.3) is 26.1 Å². The van der Waals surface area contributed by atoms with Crippen LogP contribution in [0, 0.1) is 0 Å². The van der Waals surface area contributed by atoms with E-state index in [1.807, 2.05) is 34.7 Å². The predicted octanol–water partition coefficient (Wildman–Crippen LogP) is 2.40. The second-order valence-electron chi connectivity index (χ2n) is 9.15. The Hall–Kier alpha value is -3.05. The normalized spacial score (nSPS) is 18.4. The van der Waals surface area contributed by atoms with Crippen molar-refractivity contribution in [1.82, 2.24) is 20.0 Å². The van der Waals surface area contributed by atoms with E-state index in [9.17, 15) is 9.59 Å². The van der Waals surface area contributed by atoms with E-state index >= 15 is 0 Å². The molecule has 1 amide bonds. The number of ether oxygens (including phenoxy) is 2. The molecule has 36 heavy (non-hydrogen) atoms. The van der Waals surface area contributed by atoms with Gasteiger partial charge in [-0.15, -0.1) is 11.3 Å². The molecule has 0 radical (unpaired) electrons. The molecule has 1 aromatic carbocycles. The van der Waals surface area contributed by atoms with Gasteiger partial charge in [0.25, 0.3) is 5.91 Å². The SMILES string of the molecule is O=C(NCCNC[C@@H]1CCCO1)c1c(=O)c2ccc(N3CCOCC3)nc2n2c1sc1ccccc12. The maximum atomic E-state index is 13.6. The van der Waals surface area contributed by atoms with E-state index in [0.717, 1.165) is 55.1 Å². The molecule has 0 saturated carbocycles. The summed E-state index contributed by atoms with van der Waals surface area (Å²) in [5.74, 6) is 0.450. The minimum absolute atomic E-state index is 0.170. The first-order chi connectivity index (χ1) is 17.7. The number of para-hydroxylation sites is 1. The zero-order valence-corrected chi connectivity index (χ0v) is 20.8. The molecule has 0 aliphatic carbocycles. The third kappa shape index (κ3) is 4.34. The van der Waals surface area contributed by atoms with Crippen LogP contribution in [0.2, 0.25) is 0 Å². The summed E-state index contributed by atoms with van der Waals surface area (Å²) < 4.78 is 14.1. The largest absolute Gasteiger partial charge is 0.378 e. The molecule has 1 atom stereocenters. The molecule has 2 aliphatic rings. The Morgan fingerprint density at radius 3 is 2.81 bits per heavy atom. The van der Waals surface area contributed by atoms with Crippen molar-refractivity contribution in [3.05, 3.63) is 52.2 Å². The van der Waals surface area contributed by atoms with Crippen LogP contribution in [0.3, 0.4) is 0 Å². The number of carbonyl (C=O) groups is 1. The molecule has 10 heteroatoms. The van der Waals surface area contributed by atoms with Gasteiger partial charge in [0, 0.05) is 39.3 Å². The average molecular weight is 508 g/mol. The van der Waals surface area contributed by atoms with E-state index < -0.39 is 0 Å². The molecule has 188 valence electrons. The van der Waals surface area contributed by atoms with Crippen molar-refractivity contribution in [3.63, 3.8) is 0 Å². The fourth-order valence-corrected chi connectivity index (χ4v) is 6.15. The van der Waals surface area contributed by atoms with Crippen molar-refractivity contribution in [2.24, 2.45) is 0 Å². The molecule has 2 saturated heterocycles. The molecule has 5 heterocycles. The molecular weight excluding hydrogens is 478 g/mol. The highest BCUT2D eigenvalue weighted by atomic mass is 32.1. The molecule has 0 bridgehead atoms. The van der Waals surface area contributed by atoms with Crippen LogP contribution in [-0.2, 0) is 9.47 Å². The molecule has 9 nitrogen and oxygen atoms in total. The Bertz CT molecular complexity index is 1470. The van der Waals surface area contributed by atoms with Crippen molar-refractivity contribution in [3.8, 4) is 0 Å². The Labute approximate surface area is 212 Å². The summed E-state index contributed by atoms with van der Waals surface area (Å²) in [4.78, 5) is 34.7. The number of aromatic nitrogens is 2. The van der Waals surface area contributed by atoms with Gasteiger partial charge < -0.3 is 25.0 Å². The molecule has 2 aliphatic heterocycles. The molecule has 0 unspecified atom stereocenters. The van der Waals surface area contributed by atoms with E-state index in [1.54, 1.807) is 6.07 Å². The lowest BCUT2D eigenvalue weighted by atomic mass is 10.1. The zero-order chi connectivity index (χ0) is 24.5. The molecule has 3 aromatic heterocycles. The summed E-state index contributed by atoms with van der Waals surface area (Å²) >= 11 is 1.44. The maximum absolute atomic E-state index is 13.6. The first-order valence-corrected chi connectivity index (χ1v) is 13.3. The van der Waals surface area contributed by atoms with Gasteiger partial charge in [-0.1, -0.05) is 12.1 Å². The van der Waals surface area contributed by atoms with Gasteiger partial charge in [0.05, 0.1) is 34.9 Å². The monoisotopic (exact) mass is 507 g/mol. The van der Waals surface area contributed by atoms with Gasteiger partial charge in [-0.25, -0.2) is 4.98 Å². The lowest BCUT2D eigenvalue weighted by Gasteiger charge is -2.27. The highest BCUT2D eigenvalue weighted by Gasteiger charge is 2.23. The molecule has 0 spiro atoms. The lowest BCUT2D eigenvalue weighted by molar-refractivity contribution is 0.0952. The first kappa shape index (κ1) is 23.4. The number of nitrogens with zero attached hydrogens (tertiary/aromatic N) is 3. The van der Waals surface area contributed by atoms with E-state index in [-0.39, 0.29) is 23.0 Å². The van der Waals surface area contributed by atoms with Gasteiger partial charge in [0.1, 0.15) is 16.2 Å². The average Bonchev–Trinajstić information content (AvgIpc) is 3.57. The Kier molecular flexibility index (Phi) is 6.58. The number of fused-ring (bicyclic) bond motifs is 5. The summed E-state index contributed by atoms with van der Waals surface area (Å²) in [5.41, 5.74) is 1.39. The van der Waals surface area contributed by atoms with Crippen LogP contribution in [0.15, 0.2) is 41.2 Å². The highest BCUT2D eigenvalue weighted by molar-refractivity contribution is 7.24. The fourth-order valence-electron chi connectivity index (χ4n) is 4.97. The predicted molar refractivity (Wildman–Crippen MR) is 142 cm³/mol. The Balaban J connectivity index is 1.35. The van der Waals surface area contributed by atoms with Gasteiger partial charge in [-0.05, 0) is 37.1 Å². The summed E-state index contributed by atoms with van der Waals surface area (Å²) in [6.45, 7) is 5.44. The van der Waals surface area contributed by atoms with Crippen LogP contribution in [-0.4, -0.2) is 73.9 Å². The van der Waals surface area contributed by atoms with Gasteiger partial charge in [-0.3, -0.25) is 14.0 Å². The van der Waals surface area contributed by atoms with Crippen molar-refractivity contribution >= 4 is 49.1 Å². The second kappa shape index (κ2) is 10.1. The van der Waals surface area contributed by atoms with Crippen molar-refractivity contribution in [2.75, 3.05) is 57.4 Å². The quantitative estimate of drug-likeness (QED) is 0.371.